The van der Waals surface area contributed by atoms with Gasteiger partial charge in [-0.2, -0.15) is 0 Å². The number of halogens is 1. The molecule has 1 amide bonds. The average molecular weight is 778 g/mol. The molecule has 1 aromatic carbocycles. The van der Waals surface area contributed by atoms with E-state index in [0.29, 0.717) is 35.3 Å². The van der Waals surface area contributed by atoms with E-state index in [4.69, 9.17) is 16.3 Å². The number of hydrogen-bond donors (Lipinski definition) is 3. The zero-order chi connectivity index (χ0) is 40.3. The lowest BCUT2D eigenvalue weighted by molar-refractivity contribution is -0.238. The second-order valence-corrected chi connectivity index (χ2v) is 21.3. The molecule has 0 unspecified atom stereocenters. The van der Waals surface area contributed by atoms with Crippen molar-refractivity contribution in [3.63, 3.8) is 0 Å². The number of fused-ring (bicyclic) bond motifs is 7. The second kappa shape index (κ2) is 13.4. The Kier molecular flexibility index (Phi) is 9.88. The van der Waals surface area contributed by atoms with Crippen LogP contribution in [0.5, 0.6) is 0 Å². The van der Waals surface area contributed by atoms with E-state index in [1.165, 1.54) is 5.57 Å². The Morgan fingerprint density at radius 1 is 0.873 bits per heavy atom. The SMILES string of the molecule is CC(C)C1=C2[C@H]3CC[C@@H]4[C@@]5(C)CC[C@H](OC(=O)[C@H]6C[C@@H](C(=O)O)C6(C)C)C(C)(C)[C@@H]5CC[C@@]4(C)[C@]3(C)CC[C@@]2([C@@H](O)CNC(=O)c2ccccc2Cl)CC1=O. The van der Waals surface area contributed by atoms with Crippen LogP contribution in [0.1, 0.15) is 137 Å². The molecule has 0 aromatic heterocycles. The van der Waals surface area contributed by atoms with Gasteiger partial charge in [-0.1, -0.05) is 91.6 Å². The number of esters is 1. The van der Waals surface area contributed by atoms with Crippen molar-refractivity contribution in [1.82, 2.24) is 5.32 Å². The highest BCUT2D eigenvalue weighted by atomic mass is 35.5. The number of rotatable bonds is 8. The van der Waals surface area contributed by atoms with Gasteiger partial charge in [0.2, 0.25) is 0 Å². The summed E-state index contributed by atoms with van der Waals surface area (Å²) in [4.78, 5) is 52.6. The maximum atomic E-state index is 14.1. The van der Waals surface area contributed by atoms with Crippen molar-refractivity contribution in [2.45, 2.75) is 139 Å². The van der Waals surface area contributed by atoms with Crippen LogP contribution in [0, 0.1) is 68.0 Å². The monoisotopic (exact) mass is 777 g/mol. The number of aliphatic hydroxyl groups is 1. The third-order valence-corrected chi connectivity index (χ3v) is 18.1. The zero-order valence-corrected chi connectivity index (χ0v) is 35.3. The van der Waals surface area contributed by atoms with Gasteiger partial charge in [0.25, 0.3) is 5.91 Å². The van der Waals surface area contributed by atoms with Crippen molar-refractivity contribution >= 4 is 35.2 Å². The number of ketones is 1. The molecule has 11 atom stereocenters. The minimum absolute atomic E-state index is 0.00132. The third-order valence-electron chi connectivity index (χ3n) is 17.7. The van der Waals surface area contributed by atoms with Crippen LogP contribution in [0.2, 0.25) is 5.02 Å². The van der Waals surface area contributed by atoms with E-state index in [-0.39, 0.29) is 70.2 Å². The molecule has 0 radical (unpaired) electrons. The number of aliphatic carboxylic acids is 1. The number of benzene rings is 1. The first-order chi connectivity index (χ1) is 25.6. The van der Waals surface area contributed by atoms with E-state index < -0.39 is 34.7 Å². The van der Waals surface area contributed by atoms with E-state index in [9.17, 15) is 29.4 Å². The Hall–Kier alpha value is -2.71. The number of aliphatic hydroxyl groups excluding tert-OH is 1. The predicted octanol–water partition coefficient (Wildman–Crippen LogP) is 9.07. The molecule has 6 aliphatic carbocycles. The summed E-state index contributed by atoms with van der Waals surface area (Å²) < 4.78 is 6.40. The first-order valence-electron chi connectivity index (χ1n) is 21.0. The van der Waals surface area contributed by atoms with Crippen LogP contribution in [-0.4, -0.2) is 52.6 Å². The molecule has 0 heterocycles. The van der Waals surface area contributed by atoms with Gasteiger partial charge in [0, 0.05) is 23.8 Å². The molecule has 3 N–H and O–H groups in total. The number of Topliss-reactive ketones (excluding diaryl/α,β-unsaturated/α-hetero) is 1. The molecule has 6 aliphatic rings. The number of carboxylic acid groups (broad SMARTS) is 1. The summed E-state index contributed by atoms with van der Waals surface area (Å²) in [6.07, 6.45) is 6.94. The van der Waals surface area contributed by atoms with Gasteiger partial charge in [-0.25, -0.2) is 0 Å². The minimum atomic E-state index is -0.906. The van der Waals surface area contributed by atoms with Gasteiger partial charge in [-0.15, -0.1) is 0 Å². The number of carbonyl (C=O) groups is 4. The van der Waals surface area contributed by atoms with Gasteiger partial charge >= 0.3 is 11.9 Å². The molecule has 5 fully saturated rings. The summed E-state index contributed by atoms with van der Waals surface area (Å²) in [6.45, 7) is 20.1. The lowest BCUT2D eigenvalue weighted by Crippen LogP contribution is -2.66. The van der Waals surface area contributed by atoms with Gasteiger partial charge in [0.05, 0.1) is 28.5 Å². The number of carbonyl (C=O) groups excluding carboxylic acids is 3. The van der Waals surface area contributed by atoms with Crippen molar-refractivity contribution in [2.75, 3.05) is 6.54 Å². The summed E-state index contributed by atoms with van der Waals surface area (Å²) in [5, 5.41) is 25.1. The molecule has 0 saturated heterocycles. The van der Waals surface area contributed by atoms with Crippen molar-refractivity contribution in [2.24, 2.45) is 68.0 Å². The van der Waals surface area contributed by atoms with Gasteiger partial charge in [-0.3, -0.25) is 19.2 Å². The van der Waals surface area contributed by atoms with Crippen molar-refractivity contribution in [1.29, 1.82) is 0 Å². The van der Waals surface area contributed by atoms with Gasteiger partial charge in [0.1, 0.15) is 6.10 Å². The molecule has 1 aromatic rings. The predicted molar refractivity (Wildman–Crippen MR) is 212 cm³/mol. The van der Waals surface area contributed by atoms with Gasteiger partial charge < -0.3 is 20.3 Å². The molecule has 0 bridgehead atoms. The largest absolute Gasteiger partial charge is 0.481 e. The normalized spacial score (nSPS) is 40.5. The highest BCUT2D eigenvalue weighted by molar-refractivity contribution is 6.33. The number of allylic oxidation sites excluding steroid dienone is 1. The fraction of sp³-hybridized carbons (Fsp3) is 0.739. The fourth-order valence-corrected chi connectivity index (χ4v) is 14.6. The lowest BCUT2D eigenvalue weighted by Gasteiger charge is -2.72. The maximum Gasteiger partial charge on any atom is 0.309 e. The van der Waals surface area contributed by atoms with Crippen LogP contribution in [0.4, 0.5) is 0 Å². The molecular weight excluding hydrogens is 714 g/mol. The number of nitrogens with one attached hydrogen (secondary N) is 1. The average Bonchev–Trinajstić information content (AvgIpc) is 3.41. The Morgan fingerprint density at radius 2 is 1.56 bits per heavy atom. The van der Waals surface area contributed by atoms with Gasteiger partial charge in [0.15, 0.2) is 5.78 Å². The third kappa shape index (κ3) is 5.74. The molecule has 0 spiro atoms. The smallest absolute Gasteiger partial charge is 0.309 e. The number of amides is 1. The Labute approximate surface area is 333 Å². The van der Waals surface area contributed by atoms with Crippen molar-refractivity contribution < 1.29 is 34.1 Å². The molecular formula is C46H64ClNO7. The van der Waals surface area contributed by atoms with E-state index in [0.717, 1.165) is 50.5 Å². The van der Waals surface area contributed by atoms with Crippen molar-refractivity contribution in [3.05, 3.63) is 46.0 Å². The molecule has 7 rings (SSSR count). The number of carboxylic acids is 1. The van der Waals surface area contributed by atoms with E-state index >= 15 is 0 Å². The second-order valence-electron chi connectivity index (χ2n) is 20.8. The first-order valence-corrected chi connectivity index (χ1v) is 21.4. The maximum absolute atomic E-state index is 14.1. The highest BCUT2D eigenvalue weighted by Gasteiger charge is 2.71. The summed E-state index contributed by atoms with van der Waals surface area (Å²) in [7, 11) is 0. The topological polar surface area (TPSA) is 130 Å². The van der Waals surface area contributed by atoms with Crippen LogP contribution in [0.3, 0.4) is 0 Å². The van der Waals surface area contributed by atoms with E-state index in [1.54, 1.807) is 24.3 Å². The standard InChI is InChI=1S/C46H64ClNO7/c1-25(2)36-31(49)23-46(34(50)24-48-38(51)26-12-10-11-13-30(26)47)21-20-44(8)27(37(36)46)14-15-33-43(7)18-17-35(42(5,6)32(43)16-19-45(33,44)9)55-40(54)29-22-28(39(52)53)41(29,3)4/h10-13,25,27-29,32-35,50H,14-24H2,1-9H3,(H,48,51)(H,52,53)/t27-,28+,29-,32+,33-,34+,35+,43+,44-,45-,46+/m1/s1. The number of hydrogen-bond acceptors (Lipinski definition) is 6. The molecule has 55 heavy (non-hydrogen) atoms. The lowest BCUT2D eigenvalue weighted by atomic mass is 9.33. The van der Waals surface area contributed by atoms with Crippen LogP contribution < -0.4 is 5.32 Å². The first kappa shape index (κ1) is 40.5. The summed E-state index contributed by atoms with van der Waals surface area (Å²) in [5.74, 6) is -1.19. The van der Waals surface area contributed by atoms with Crippen LogP contribution in [0.25, 0.3) is 0 Å². The van der Waals surface area contributed by atoms with Gasteiger partial charge in [-0.05, 0) is 121 Å². The summed E-state index contributed by atoms with van der Waals surface area (Å²) in [5.41, 5.74) is 0.828. The molecule has 8 nitrogen and oxygen atoms in total. The van der Waals surface area contributed by atoms with Crippen LogP contribution in [0.15, 0.2) is 35.4 Å². The quantitative estimate of drug-likeness (QED) is 0.225. The van der Waals surface area contributed by atoms with Crippen LogP contribution in [-0.2, 0) is 19.1 Å². The molecule has 5 saturated carbocycles. The Balaban J connectivity index is 1.14. The molecule has 302 valence electrons. The zero-order valence-electron chi connectivity index (χ0n) is 34.5. The summed E-state index contributed by atoms with van der Waals surface area (Å²) in [6, 6.07) is 6.91. The van der Waals surface area contributed by atoms with Crippen molar-refractivity contribution in [3.8, 4) is 0 Å². The fourth-order valence-electron chi connectivity index (χ4n) is 14.4. The Bertz CT molecular complexity index is 1820. The molecule has 9 heteroatoms. The number of ether oxygens (including phenoxy) is 1. The van der Waals surface area contributed by atoms with E-state index in [1.807, 2.05) is 13.8 Å². The molecule has 0 aliphatic heterocycles. The summed E-state index contributed by atoms with van der Waals surface area (Å²) >= 11 is 6.33. The Morgan fingerprint density at radius 3 is 2.20 bits per heavy atom. The van der Waals surface area contributed by atoms with Crippen LogP contribution >= 0.6 is 11.6 Å². The van der Waals surface area contributed by atoms with E-state index in [2.05, 4.69) is 53.8 Å². The minimum Gasteiger partial charge on any atom is -0.481 e. The highest BCUT2D eigenvalue weighted by Crippen LogP contribution is 2.77.